The molecule has 4 nitrogen and oxygen atoms in total. The zero-order chi connectivity index (χ0) is 15.6. The molecule has 1 aromatic rings. The molecule has 2 atom stereocenters. The average Bonchev–Trinajstić information content (AvgIpc) is 2.47. The monoisotopic (exact) mass is 288 g/mol. The molecular weight excluding hydrogens is 264 g/mol. The van der Waals surface area contributed by atoms with Gasteiger partial charge in [-0.1, -0.05) is 45.0 Å². The van der Waals surface area contributed by atoms with E-state index >= 15 is 0 Å². The Morgan fingerprint density at radius 2 is 1.71 bits per heavy atom. The molecule has 0 aromatic heterocycles. The van der Waals surface area contributed by atoms with Gasteiger partial charge in [-0.2, -0.15) is 0 Å². The second-order valence-corrected chi connectivity index (χ2v) is 6.04. The Labute approximate surface area is 126 Å². The van der Waals surface area contributed by atoms with Crippen molar-refractivity contribution in [3.63, 3.8) is 0 Å². The summed E-state index contributed by atoms with van der Waals surface area (Å²) in [6.45, 7) is 8.29. The molecule has 4 heteroatoms. The number of carbonyl (C=O) groups is 2. The summed E-state index contributed by atoms with van der Waals surface area (Å²) in [5, 5.41) is 2.82. The van der Waals surface area contributed by atoms with Gasteiger partial charge in [0, 0.05) is 6.54 Å². The molecule has 1 aliphatic rings. The zero-order valence-corrected chi connectivity index (χ0v) is 13.2. The van der Waals surface area contributed by atoms with Gasteiger partial charge >= 0.3 is 0 Å². The van der Waals surface area contributed by atoms with Crippen LogP contribution in [0.3, 0.4) is 0 Å². The van der Waals surface area contributed by atoms with Crippen LogP contribution in [0.2, 0.25) is 0 Å². The Balaban J connectivity index is 2.18. The van der Waals surface area contributed by atoms with Crippen molar-refractivity contribution in [1.82, 2.24) is 10.2 Å². The van der Waals surface area contributed by atoms with E-state index in [-0.39, 0.29) is 17.7 Å². The van der Waals surface area contributed by atoms with Crippen molar-refractivity contribution in [3.8, 4) is 0 Å². The molecule has 114 valence electrons. The summed E-state index contributed by atoms with van der Waals surface area (Å²) in [4.78, 5) is 26.3. The molecule has 0 bridgehead atoms. The SMILES string of the molecule is CCc1ccc(CN2C(=O)C(C(C)C)NC(=O)C2C)cc1. The van der Waals surface area contributed by atoms with Crippen LogP contribution in [0.1, 0.15) is 38.8 Å². The van der Waals surface area contributed by atoms with Gasteiger partial charge in [-0.05, 0) is 30.4 Å². The molecular formula is C17H24N2O2. The second kappa shape index (κ2) is 6.29. The highest BCUT2D eigenvalue weighted by Gasteiger charge is 2.39. The van der Waals surface area contributed by atoms with Gasteiger partial charge in [0.05, 0.1) is 0 Å². The standard InChI is InChI=1S/C17H24N2O2/c1-5-13-6-8-14(9-7-13)10-19-12(4)16(20)18-15(11(2)3)17(19)21/h6-9,11-12,15H,5,10H2,1-4H3,(H,18,20). The fourth-order valence-electron chi connectivity index (χ4n) is 2.59. The van der Waals surface area contributed by atoms with E-state index in [1.165, 1.54) is 5.56 Å². The van der Waals surface area contributed by atoms with Crippen molar-refractivity contribution in [1.29, 1.82) is 0 Å². The van der Waals surface area contributed by atoms with Crippen molar-refractivity contribution in [2.45, 2.75) is 52.7 Å². The van der Waals surface area contributed by atoms with Gasteiger partial charge in [-0.15, -0.1) is 0 Å². The molecule has 0 saturated carbocycles. The molecule has 2 amide bonds. The molecule has 0 aliphatic carbocycles. The van der Waals surface area contributed by atoms with E-state index < -0.39 is 12.1 Å². The van der Waals surface area contributed by atoms with Crippen LogP contribution in [-0.4, -0.2) is 28.8 Å². The van der Waals surface area contributed by atoms with Crippen LogP contribution < -0.4 is 5.32 Å². The summed E-state index contributed by atoms with van der Waals surface area (Å²) in [7, 11) is 0. The fourth-order valence-corrected chi connectivity index (χ4v) is 2.59. The van der Waals surface area contributed by atoms with Crippen molar-refractivity contribution in [2.24, 2.45) is 5.92 Å². The Kier molecular flexibility index (Phi) is 4.66. The quantitative estimate of drug-likeness (QED) is 0.922. The molecule has 2 rings (SSSR count). The number of aryl methyl sites for hydroxylation is 1. The van der Waals surface area contributed by atoms with E-state index in [0.29, 0.717) is 6.54 Å². The van der Waals surface area contributed by atoms with E-state index in [2.05, 4.69) is 24.4 Å². The summed E-state index contributed by atoms with van der Waals surface area (Å²) in [5.41, 5.74) is 2.33. The van der Waals surface area contributed by atoms with Crippen LogP contribution in [0.15, 0.2) is 24.3 Å². The highest BCUT2D eigenvalue weighted by Crippen LogP contribution is 2.18. The first-order valence-corrected chi connectivity index (χ1v) is 7.62. The van der Waals surface area contributed by atoms with E-state index in [9.17, 15) is 9.59 Å². The maximum absolute atomic E-state index is 12.6. The molecule has 0 radical (unpaired) electrons. The first kappa shape index (κ1) is 15.5. The van der Waals surface area contributed by atoms with Crippen LogP contribution >= 0.6 is 0 Å². The summed E-state index contributed by atoms with van der Waals surface area (Å²) < 4.78 is 0. The van der Waals surface area contributed by atoms with Gasteiger partial charge in [0.2, 0.25) is 11.8 Å². The summed E-state index contributed by atoms with van der Waals surface area (Å²) in [6.07, 6.45) is 0.997. The van der Waals surface area contributed by atoms with E-state index in [4.69, 9.17) is 0 Å². The minimum Gasteiger partial charge on any atom is -0.342 e. The van der Waals surface area contributed by atoms with Gasteiger partial charge in [-0.3, -0.25) is 9.59 Å². The van der Waals surface area contributed by atoms with E-state index in [0.717, 1.165) is 12.0 Å². The molecule has 1 aromatic carbocycles. The fraction of sp³-hybridized carbons (Fsp3) is 0.529. The van der Waals surface area contributed by atoms with Crippen LogP contribution in [0.5, 0.6) is 0 Å². The van der Waals surface area contributed by atoms with Crippen LogP contribution in [-0.2, 0) is 22.6 Å². The number of benzene rings is 1. The number of hydrogen-bond acceptors (Lipinski definition) is 2. The molecule has 1 heterocycles. The first-order valence-electron chi connectivity index (χ1n) is 7.62. The van der Waals surface area contributed by atoms with Gasteiger partial charge < -0.3 is 10.2 Å². The summed E-state index contributed by atoms with van der Waals surface area (Å²) >= 11 is 0. The predicted molar refractivity (Wildman–Crippen MR) is 82.6 cm³/mol. The molecule has 1 aliphatic heterocycles. The van der Waals surface area contributed by atoms with Crippen molar-refractivity contribution >= 4 is 11.8 Å². The van der Waals surface area contributed by atoms with Gasteiger partial charge in [-0.25, -0.2) is 0 Å². The smallest absolute Gasteiger partial charge is 0.246 e. The molecule has 1 saturated heterocycles. The van der Waals surface area contributed by atoms with E-state index in [1.807, 2.05) is 26.0 Å². The molecule has 1 N–H and O–H groups in total. The lowest BCUT2D eigenvalue weighted by molar-refractivity contribution is -0.150. The largest absolute Gasteiger partial charge is 0.342 e. The third kappa shape index (κ3) is 3.26. The lowest BCUT2D eigenvalue weighted by Crippen LogP contribution is -2.63. The number of nitrogens with zero attached hydrogens (tertiary/aromatic N) is 1. The molecule has 21 heavy (non-hydrogen) atoms. The van der Waals surface area contributed by atoms with Crippen LogP contribution in [0.25, 0.3) is 0 Å². The maximum atomic E-state index is 12.6. The Bertz CT molecular complexity index is 522. The van der Waals surface area contributed by atoms with Crippen LogP contribution in [0, 0.1) is 5.92 Å². The highest BCUT2D eigenvalue weighted by atomic mass is 16.2. The zero-order valence-electron chi connectivity index (χ0n) is 13.2. The topological polar surface area (TPSA) is 49.4 Å². The van der Waals surface area contributed by atoms with Gasteiger partial charge in [0.15, 0.2) is 0 Å². The predicted octanol–water partition coefficient (Wildman–Crippen LogP) is 2.12. The number of amides is 2. The number of piperazine rings is 1. The molecule has 1 fully saturated rings. The second-order valence-electron chi connectivity index (χ2n) is 6.04. The van der Waals surface area contributed by atoms with Crippen molar-refractivity contribution in [3.05, 3.63) is 35.4 Å². The summed E-state index contributed by atoms with van der Waals surface area (Å²) in [6, 6.07) is 7.40. The third-order valence-corrected chi connectivity index (χ3v) is 4.14. The van der Waals surface area contributed by atoms with Crippen LogP contribution in [0.4, 0.5) is 0 Å². The third-order valence-electron chi connectivity index (χ3n) is 4.14. The van der Waals surface area contributed by atoms with Crippen molar-refractivity contribution < 1.29 is 9.59 Å². The Morgan fingerprint density at radius 3 is 2.24 bits per heavy atom. The minimum atomic E-state index is -0.418. The van der Waals surface area contributed by atoms with Gasteiger partial charge in [0.1, 0.15) is 12.1 Å². The lowest BCUT2D eigenvalue weighted by Gasteiger charge is -2.38. The number of rotatable bonds is 4. The van der Waals surface area contributed by atoms with Gasteiger partial charge in [0.25, 0.3) is 0 Å². The summed E-state index contributed by atoms with van der Waals surface area (Å²) in [5.74, 6) is 0.0362. The highest BCUT2D eigenvalue weighted by molar-refractivity contribution is 5.96. The number of nitrogens with one attached hydrogen (secondary N) is 1. The Morgan fingerprint density at radius 1 is 1.14 bits per heavy atom. The first-order chi connectivity index (χ1) is 9.93. The average molecular weight is 288 g/mol. The normalized spacial score (nSPS) is 22.6. The molecule has 0 spiro atoms. The van der Waals surface area contributed by atoms with Crippen molar-refractivity contribution in [2.75, 3.05) is 0 Å². The Hall–Kier alpha value is -1.84. The van der Waals surface area contributed by atoms with E-state index in [1.54, 1.807) is 11.8 Å². The number of hydrogen-bond donors (Lipinski definition) is 1. The lowest BCUT2D eigenvalue weighted by atomic mass is 9.97. The minimum absolute atomic E-state index is 0.0108. The maximum Gasteiger partial charge on any atom is 0.246 e. The number of carbonyl (C=O) groups excluding carboxylic acids is 2. The molecule has 2 unspecified atom stereocenters.